The van der Waals surface area contributed by atoms with Crippen molar-refractivity contribution >= 4 is 69.7 Å². The van der Waals surface area contributed by atoms with Gasteiger partial charge in [0.05, 0.1) is 0 Å². The van der Waals surface area contributed by atoms with E-state index >= 15 is 0 Å². The molecule has 6 radical (unpaired) electrons. The van der Waals surface area contributed by atoms with Crippen LogP contribution >= 0.6 is 11.6 Å². The summed E-state index contributed by atoms with van der Waals surface area (Å²) in [5.74, 6) is -8.30. The normalized spacial score (nSPS) is 20.0. The minimum Gasteiger partial charge on any atom is -0.346 e. The number of piperidine rings is 1. The molecule has 1 saturated heterocycles. The third-order valence-electron chi connectivity index (χ3n) is 6.07. The smallest absolute Gasteiger partial charge is 0.346 e. The van der Waals surface area contributed by atoms with E-state index in [1.165, 1.54) is 18.2 Å². The number of rotatable bonds is 5. The van der Waals surface area contributed by atoms with E-state index in [4.69, 9.17) is 35.1 Å². The lowest BCUT2D eigenvalue weighted by molar-refractivity contribution is -0.147. The largest absolute Gasteiger partial charge is 0.349 e. The average molecular weight is 491 g/mol. The second kappa shape index (κ2) is 9.15. The van der Waals surface area contributed by atoms with E-state index in [0.717, 1.165) is 17.0 Å². The Labute approximate surface area is 208 Å². The summed E-state index contributed by atoms with van der Waals surface area (Å²) in [5.41, 5.74) is -0.416. The van der Waals surface area contributed by atoms with Crippen molar-refractivity contribution in [3.8, 4) is 0 Å². The highest BCUT2D eigenvalue weighted by Crippen LogP contribution is 2.34. The topological polar surface area (TPSA) is 95.6 Å². The van der Waals surface area contributed by atoms with Gasteiger partial charge in [-0.1, -0.05) is 40.7 Å². The molecular weight excluding hydrogens is 476 g/mol. The molecule has 0 saturated carbocycles. The highest BCUT2D eigenvalue weighted by Gasteiger charge is 2.44. The first-order chi connectivity index (χ1) is 16.4. The molecule has 2 heterocycles. The SMILES string of the molecule is [B]c1c(CNC(=O)C(F)(F)c2ccc(Cl)cc2)cc2c(c1[B])C(=O)N(C1CCC(=O)NC1=O)C2[B]. The standard InChI is InChI=1S/C22H15B3ClF2N3O4/c23-16-9(8-29-21(35)22(27,28)10-1-3-11(26)4-2-10)7-12-15(17(16)24)20(34)31(18(12)25)13-5-6-14(32)30-19(13)33/h1-4,7,13,18H,5-6,8H2,(H,29,35)(H,30,32,33). The predicted octanol–water partition coefficient (Wildman–Crippen LogP) is -0.236. The van der Waals surface area contributed by atoms with E-state index in [1.807, 2.05) is 0 Å². The van der Waals surface area contributed by atoms with Crippen molar-refractivity contribution in [3.05, 3.63) is 57.6 Å². The molecule has 2 atom stereocenters. The Morgan fingerprint density at radius 1 is 1.17 bits per heavy atom. The maximum atomic E-state index is 14.6. The molecular formula is C22H15B3ClF2N3O4. The molecule has 0 aromatic heterocycles. The summed E-state index contributed by atoms with van der Waals surface area (Å²) in [5, 5.41) is 4.53. The number of imide groups is 1. The number of carbonyl (C=O) groups excluding carboxylic acids is 4. The lowest BCUT2D eigenvalue weighted by atomic mass is 9.72. The molecule has 2 aliphatic heterocycles. The molecule has 0 aliphatic carbocycles. The van der Waals surface area contributed by atoms with Crippen molar-refractivity contribution < 1.29 is 28.0 Å². The van der Waals surface area contributed by atoms with Crippen LogP contribution in [0.15, 0.2) is 30.3 Å². The summed E-state index contributed by atoms with van der Waals surface area (Å²) in [6, 6.07) is 4.95. The number of benzene rings is 2. The Balaban J connectivity index is 1.57. The van der Waals surface area contributed by atoms with Crippen molar-refractivity contribution in [2.75, 3.05) is 0 Å². The van der Waals surface area contributed by atoms with Gasteiger partial charge in [-0.2, -0.15) is 8.78 Å². The molecule has 7 nitrogen and oxygen atoms in total. The third kappa shape index (κ3) is 4.35. The van der Waals surface area contributed by atoms with Crippen molar-refractivity contribution in [2.45, 2.75) is 37.3 Å². The van der Waals surface area contributed by atoms with Crippen LogP contribution in [-0.2, 0) is 26.9 Å². The van der Waals surface area contributed by atoms with Gasteiger partial charge in [0, 0.05) is 35.1 Å². The molecule has 0 spiro atoms. The van der Waals surface area contributed by atoms with Crippen LogP contribution in [0, 0.1) is 0 Å². The van der Waals surface area contributed by atoms with Crippen LogP contribution in [0.3, 0.4) is 0 Å². The molecule has 4 amide bonds. The lowest BCUT2D eigenvalue weighted by Gasteiger charge is -2.33. The Bertz CT molecular complexity index is 1260. The van der Waals surface area contributed by atoms with Gasteiger partial charge in [0.15, 0.2) is 0 Å². The first kappa shape index (κ1) is 25.0. The summed E-state index contributed by atoms with van der Waals surface area (Å²) in [6.45, 7) is -0.426. The highest BCUT2D eigenvalue weighted by molar-refractivity contribution is 6.52. The van der Waals surface area contributed by atoms with Gasteiger partial charge in [-0.05, 0) is 29.7 Å². The van der Waals surface area contributed by atoms with E-state index in [-0.39, 0.29) is 45.5 Å². The van der Waals surface area contributed by atoms with Crippen LogP contribution in [0.25, 0.3) is 0 Å². The monoisotopic (exact) mass is 491 g/mol. The second-order valence-corrected chi connectivity index (χ2v) is 8.65. The quantitative estimate of drug-likeness (QED) is 0.446. The van der Waals surface area contributed by atoms with Crippen molar-refractivity contribution in [3.63, 3.8) is 0 Å². The molecule has 13 heteroatoms. The molecule has 2 aromatic carbocycles. The summed E-state index contributed by atoms with van der Waals surface area (Å²) in [4.78, 5) is 50.2. The summed E-state index contributed by atoms with van der Waals surface area (Å²) in [7, 11) is 18.4. The van der Waals surface area contributed by atoms with Crippen LogP contribution in [0.5, 0.6) is 0 Å². The average Bonchev–Trinajstić information content (AvgIpc) is 3.05. The number of nitrogens with one attached hydrogen (secondary N) is 2. The minimum atomic E-state index is -3.85. The van der Waals surface area contributed by atoms with E-state index in [1.54, 1.807) is 0 Å². The number of fused-ring (bicyclic) bond motifs is 1. The van der Waals surface area contributed by atoms with Crippen LogP contribution in [-0.4, -0.2) is 58.1 Å². The van der Waals surface area contributed by atoms with Gasteiger partial charge in [-0.3, -0.25) is 24.5 Å². The first-order valence-electron chi connectivity index (χ1n) is 10.5. The van der Waals surface area contributed by atoms with E-state index in [2.05, 4.69) is 10.6 Å². The molecule has 2 N–H and O–H groups in total. The Morgan fingerprint density at radius 3 is 2.46 bits per heavy atom. The van der Waals surface area contributed by atoms with Crippen molar-refractivity contribution in [1.82, 2.24) is 15.5 Å². The third-order valence-corrected chi connectivity index (χ3v) is 6.32. The van der Waals surface area contributed by atoms with E-state index in [9.17, 15) is 28.0 Å². The Hall–Kier alpha value is -3.14. The van der Waals surface area contributed by atoms with Gasteiger partial charge in [0.25, 0.3) is 11.8 Å². The summed E-state index contributed by atoms with van der Waals surface area (Å²) >= 11 is 5.71. The zero-order valence-electron chi connectivity index (χ0n) is 18.1. The predicted molar refractivity (Wildman–Crippen MR) is 125 cm³/mol. The summed E-state index contributed by atoms with van der Waals surface area (Å²) < 4.78 is 29.1. The number of amides is 4. The van der Waals surface area contributed by atoms with Crippen molar-refractivity contribution in [2.24, 2.45) is 0 Å². The maximum absolute atomic E-state index is 14.6. The lowest BCUT2D eigenvalue weighted by Crippen LogP contribution is -2.53. The molecule has 2 unspecified atom stereocenters. The second-order valence-electron chi connectivity index (χ2n) is 8.22. The molecule has 4 rings (SSSR count). The van der Waals surface area contributed by atoms with Crippen LogP contribution in [0.1, 0.15) is 45.8 Å². The first-order valence-corrected chi connectivity index (χ1v) is 10.9. The van der Waals surface area contributed by atoms with E-state index in [0.29, 0.717) is 0 Å². The van der Waals surface area contributed by atoms with Crippen LogP contribution in [0.4, 0.5) is 8.78 Å². The molecule has 2 aromatic rings. The Kier molecular flexibility index (Phi) is 6.53. The number of nitrogens with zero attached hydrogens (tertiary/aromatic N) is 1. The fraction of sp³-hybridized carbons (Fsp3) is 0.273. The maximum Gasteiger partial charge on any atom is 0.349 e. The summed E-state index contributed by atoms with van der Waals surface area (Å²) in [6.07, 6.45) is 0.107. The van der Waals surface area contributed by atoms with Crippen LogP contribution < -0.4 is 21.6 Å². The zero-order chi connectivity index (χ0) is 25.7. The number of hydrogen-bond donors (Lipinski definition) is 2. The van der Waals surface area contributed by atoms with Crippen LogP contribution in [0.2, 0.25) is 5.02 Å². The van der Waals surface area contributed by atoms with E-state index < -0.39 is 53.6 Å². The molecule has 35 heavy (non-hydrogen) atoms. The van der Waals surface area contributed by atoms with Gasteiger partial charge in [0.1, 0.15) is 29.6 Å². The number of alkyl halides is 2. The fourth-order valence-corrected chi connectivity index (χ4v) is 4.31. The number of halogens is 3. The number of carbonyl (C=O) groups is 4. The molecule has 172 valence electrons. The van der Waals surface area contributed by atoms with Crippen molar-refractivity contribution in [1.29, 1.82) is 0 Å². The highest BCUT2D eigenvalue weighted by atomic mass is 35.5. The Morgan fingerprint density at radius 2 is 1.83 bits per heavy atom. The van der Waals surface area contributed by atoms with Gasteiger partial charge < -0.3 is 10.2 Å². The zero-order valence-corrected chi connectivity index (χ0v) is 18.9. The fourth-order valence-electron chi connectivity index (χ4n) is 4.18. The molecule has 2 aliphatic rings. The van der Waals surface area contributed by atoms with Gasteiger partial charge >= 0.3 is 5.92 Å². The molecule has 1 fully saturated rings. The van der Waals surface area contributed by atoms with Gasteiger partial charge in [-0.25, -0.2) is 0 Å². The van der Waals surface area contributed by atoms with Gasteiger partial charge in [0.2, 0.25) is 11.8 Å². The number of hydrogen-bond acceptors (Lipinski definition) is 4. The van der Waals surface area contributed by atoms with Gasteiger partial charge in [-0.15, -0.1) is 0 Å². The minimum absolute atomic E-state index is 0.0127. The molecule has 0 bridgehead atoms.